The van der Waals surface area contributed by atoms with Gasteiger partial charge in [-0.05, 0) is 49.2 Å². The lowest BCUT2D eigenvalue weighted by molar-refractivity contribution is 0.601. The van der Waals surface area contributed by atoms with E-state index in [-0.39, 0.29) is 4.90 Å². The number of hydrogen-bond acceptors (Lipinski definition) is 3. The van der Waals surface area contributed by atoms with Crippen LogP contribution in [0, 0.1) is 13.8 Å². The van der Waals surface area contributed by atoms with E-state index in [9.17, 15) is 8.42 Å². The van der Waals surface area contributed by atoms with Gasteiger partial charge in [0, 0.05) is 0 Å². The number of benzene rings is 2. The first-order valence-electron chi connectivity index (χ1n) is 6.49. The molecule has 0 fully saturated rings. The van der Waals surface area contributed by atoms with E-state index in [1.165, 1.54) is 0 Å². The van der Waals surface area contributed by atoms with Crippen molar-refractivity contribution in [2.45, 2.75) is 18.7 Å². The molecule has 0 unspecified atom stereocenters. The summed E-state index contributed by atoms with van der Waals surface area (Å²) in [5.74, 6) is 0. The molecule has 2 aromatic carbocycles. The van der Waals surface area contributed by atoms with Crippen molar-refractivity contribution >= 4 is 26.7 Å². The molecule has 1 heterocycles. The summed E-state index contributed by atoms with van der Waals surface area (Å²) < 4.78 is 27.6. The number of H-pyrrole nitrogens is 1. The summed E-state index contributed by atoms with van der Waals surface area (Å²) in [5.41, 5.74) is 3.91. The molecule has 0 saturated carbocycles. The summed E-state index contributed by atoms with van der Waals surface area (Å²) in [7, 11) is -3.62. The largest absolute Gasteiger partial charge is 0.345 e. The van der Waals surface area contributed by atoms with Crippen molar-refractivity contribution in [3.63, 3.8) is 0 Å². The van der Waals surface area contributed by atoms with Crippen LogP contribution in [0.3, 0.4) is 0 Å². The molecule has 0 aliphatic carbocycles. The Hall–Kier alpha value is -2.34. The van der Waals surface area contributed by atoms with E-state index in [4.69, 9.17) is 0 Å². The zero-order valence-electron chi connectivity index (χ0n) is 11.7. The van der Waals surface area contributed by atoms with Crippen LogP contribution in [0.25, 0.3) is 11.0 Å². The third-order valence-electron chi connectivity index (χ3n) is 3.34. The molecule has 6 heteroatoms. The molecule has 0 saturated heterocycles. The van der Waals surface area contributed by atoms with E-state index in [0.29, 0.717) is 11.2 Å². The zero-order chi connectivity index (χ0) is 15.0. The average Bonchev–Trinajstić information content (AvgIpc) is 2.90. The molecule has 3 rings (SSSR count). The van der Waals surface area contributed by atoms with Gasteiger partial charge >= 0.3 is 0 Å². The summed E-state index contributed by atoms with van der Waals surface area (Å²) in [6, 6.07) is 10.5. The third-order valence-corrected chi connectivity index (χ3v) is 4.70. The summed E-state index contributed by atoms with van der Waals surface area (Å²) in [5, 5.41) is 0. The van der Waals surface area contributed by atoms with Gasteiger partial charge in [0.2, 0.25) is 0 Å². The van der Waals surface area contributed by atoms with Crippen molar-refractivity contribution in [2.75, 3.05) is 4.72 Å². The average molecular weight is 301 g/mol. The highest BCUT2D eigenvalue weighted by molar-refractivity contribution is 7.92. The number of imidazole rings is 1. The van der Waals surface area contributed by atoms with Crippen molar-refractivity contribution in [3.05, 3.63) is 53.9 Å². The third kappa shape index (κ3) is 2.62. The standard InChI is InChI=1S/C15H15N3O2S/c1-10-3-4-11(2)14(7-10)18-21(19,20)12-5-6-13-15(8-12)17-9-16-13/h3-9,18H,1-2H3,(H,16,17). The Labute approximate surface area is 123 Å². The van der Waals surface area contributed by atoms with Gasteiger partial charge in [-0.2, -0.15) is 0 Å². The minimum absolute atomic E-state index is 0.208. The number of aryl methyl sites for hydroxylation is 2. The second-order valence-electron chi connectivity index (χ2n) is 5.01. The minimum Gasteiger partial charge on any atom is -0.345 e. The van der Waals surface area contributed by atoms with Crippen LogP contribution in [0.4, 0.5) is 5.69 Å². The maximum absolute atomic E-state index is 12.5. The predicted molar refractivity (Wildman–Crippen MR) is 82.8 cm³/mol. The molecule has 0 aliphatic heterocycles. The molecule has 108 valence electrons. The molecule has 0 amide bonds. The molecule has 21 heavy (non-hydrogen) atoms. The molecular formula is C15H15N3O2S. The van der Waals surface area contributed by atoms with E-state index < -0.39 is 10.0 Å². The van der Waals surface area contributed by atoms with Crippen molar-refractivity contribution in [3.8, 4) is 0 Å². The van der Waals surface area contributed by atoms with Gasteiger partial charge < -0.3 is 4.98 Å². The van der Waals surface area contributed by atoms with Gasteiger partial charge in [-0.1, -0.05) is 12.1 Å². The van der Waals surface area contributed by atoms with Crippen LogP contribution in [0.1, 0.15) is 11.1 Å². The van der Waals surface area contributed by atoms with E-state index >= 15 is 0 Å². The van der Waals surface area contributed by atoms with Gasteiger partial charge in [-0.3, -0.25) is 4.72 Å². The molecule has 0 bridgehead atoms. The number of aromatic nitrogens is 2. The van der Waals surface area contributed by atoms with Crippen molar-refractivity contribution in [1.82, 2.24) is 9.97 Å². The Morgan fingerprint density at radius 1 is 1.10 bits per heavy atom. The van der Waals surface area contributed by atoms with Gasteiger partial charge in [-0.15, -0.1) is 0 Å². The fourth-order valence-electron chi connectivity index (χ4n) is 2.13. The number of fused-ring (bicyclic) bond motifs is 1. The van der Waals surface area contributed by atoms with E-state index in [1.54, 1.807) is 24.5 Å². The number of sulfonamides is 1. The lowest BCUT2D eigenvalue weighted by Gasteiger charge is -2.11. The van der Waals surface area contributed by atoms with Gasteiger partial charge in [0.1, 0.15) is 0 Å². The van der Waals surface area contributed by atoms with Crippen LogP contribution < -0.4 is 4.72 Å². The molecule has 0 atom stereocenters. The lowest BCUT2D eigenvalue weighted by atomic mass is 10.1. The lowest BCUT2D eigenvalue weighted by Crippen LogP contribution is -2.13. The molecule has 3 aromatic rings. The topological polar surface area (TPSA) is 74.8 Å². The maximum Gasteiger partial charge on any atom is 0.261 e. The van der Waals surface area contributed by atoms with Crippen LogP contribution in [0.5, 0.6) is 0 Å². The Kier molecular flexibility index (Phi) is 3.17. The quantitative estimate of drug-likeness (QED) is 0.781. The normalized spacial score (nSPS) is 11.7. The predicted octanol–water partition coefficient (Wildman–Crippen LogP) is 2.98. The number of nitrogens with one attached hydrogen (secondary N) is 2. The summed E-state index contributed by atoms with van der Waals surface area (Å²) in [4.78, 5) is 7.20. The monoisotopic (exact) mass is 301 g/mol. The van der Waals surface area contributed by atoms with Crippen molar-refractivity contribution in [1.29, 1.82) is 0 Å². The Morgan fingerprint density at radius 2 is 1.90 bits per heavy atom. The molecule has 2 N–H and O–H groups in total. The van der Waals surface area contributed by atoms with E-state index in [0.717, 1.165) is 16.6 Å². The summed E-state index contributed by atoms with van der Waals surface area (Å²) in [6.07, 6.45) is 1.54. The van der Waals surface area contributed by atoms with Crippen molar-refractivity contribution < 1.29 is 8.42 Å². The second-order valence-corrected chi connectivity index (χ2v) is 6.69. The molecule has 1 aromatic heterocycles. The van der Waals surface area contributed by atoms with Gasteiger partial charge in [-0.25, -0.2) is 13.4 Å². The Balaban J connectivity index is 2.01. The number of hydrogen-bond donors (Lipinski definition) is 2. The maximum atomic E-state index is 12.5. The van der Waals surface area contributed by atoms with Crippen LogP contribution in [0.2, 0.25) is 0 Å². The first kappa shape index (κ1) is 13.6. The van der Waals surface area contributed by atoms with E-state index in [1.807, 2.05) is 32.0 Å². The number of rotatable bonds is 3. The van der Waals surface area contributed by atoms with Gasteiger partial charge in [0.05, 0.1) is 27.9 Å². The first-order chi connectivity index (χ1) is 9.95. The smallest absolute Gasteiger partial charge is 0.261 e. The van der Waals surface area contributed by atoms with Crippen LogP contribution in [0.15, 0.2) is 47.6 Å². The number of nitrogens with zero attached hydrogens (tertiary/aromatic N) is 1. The van der Waals surface area contributed by atoms with Crippen molar-refractivity contribution in [2.24, 2.45) is 0 Å². The van der Waals surface area contributed by atoms with E-state index in [2.05, 4.69) is 14.7 Å². The van der Waals surface area contributed by atoms with Gasteiger partial charge in [0.15, 0.2) is 0 Å². The summed E-state index contributed by atoms with van der Waals surface area (Å²) in [6.45, 7) is 3.79. The minimum atomic E-state index is -3.62. The van der Waals surface area contributed by atoms with Crippen LogP contribution in [-0.2, 0) is 10.0 Å². The number of aromatic amines is 1. The zero-order valence-corrected chi connectivity index (χ0v) is 12.5. The Bertz CT molecular complexity index is 914. The highest BCUT2D eigenvalue weighted by atomic mass is 32.2. The molecule has 0 spiro atoms. The SMILES string of the molecule is Cc1ccc(C)c(NS(=O)(=O)c2ccc3nc[nH]c3c2)c1. The molecule has 0 aliphatic rings. The molecular weight excluding hydrogens is 286 g/mol. The first-order valence-corrected chi connectivity index (χ1v) is 7.97. The molecule has 5 nitrogen and oxygen atoms in total. The van der Waals surface area contributed by atoms with Crippen LogP contribution >= 0.6 is 0 Å². The highest BCUT2D eigenvalue weighted by Gasteiger charge is 2.16. The summed E-state index contributed by atoms with van der Waals surface area (Å²) >= 11 is 0. The Morgan fingerprint density at radius 3 is 2.71 bits per heavy atom. The van der Waals surface area contributed by atoms with Gasteiger partial charge in [0.25, 0.3) is 10.0 Å². The van der Waals surface area contributed by atoms with Crippen LogP contribution in [-0.4, -0.2) is 18.4 Å². The molecule has 0 radical (unpaired) electrons. The second kappa shape index (κ2) is 4.89. The fourth-order valence-corrected chi connectivity index (χ4v) is 3.28. The fraction of sp³-hybridized carbons (Fsp3) is 0.133. The highest BCUT2D eigenvalue weighted by Crippen LogP contribution is 2.22. The number of anilines is 1.